The van der Waals surface area contributed by atoms with Crippen LogP contribution in [0.4, 0.5) is 5.69 Å². The minimum atomic E-state index is -0.277. The first-order chi connectivity index (χ1) is 16.5. The van der Waals surface area contributed by atoms with Crippen molar-refractivity contribution in [3.63, 3.8) is 0 Å². The molecule has 1 aliphatic rings. The molecule has 0 saturated heterocycles. The van der Waals surface area contributed by atoms with E-state index in [4.69, 9.17) is 10.00 Å². The summed E-state index contributed by atoms with van der Waals surface area (Å²) in [5, 5.41) is 27.1. The second kappa shape index (κ2) is 10.4. The zero-order chi connectivity index (χ0) is 24.1. The predicted molar refractivity (Wildman–Crippen MR) is 133 cm³/mol. The fourth-order valence-corrected chi connectivity index (χ4v) is 4.35. The molecule has 1 fully saturated rings. The van der Waals surface area contributed by atoms with Crippen LogP contribution < -0.4 is 15.4 Å². The number of pyridine rings is 1. The number of fused-ring (bicyclic) bond motifs is 1. The number of nitriles is 1. The highest BCUT2D eigenvalue weighted by Crippen LogP contribution is 2.36. The molecule has 0 atom stereocenters. The van der Waals surface area contributed by atoms with Gasteiger partial charge in [-0.15, -0.1) is 0 Å². The van der Waals surface area contributed by atoms with Gasteiger partial charge in [-0.2, -0.15) is 5.26 Å². The molecule has 34 heavy (non-hydrogen) atoms. The highest BCUT2D eigenvalue weighted by Gasteiger charge is 2.23. The zero-order valence-electron chi connectivity index (χ0n) is 19.2. The molecule has 1 amide bonds. The molecule has 0 unspecified atom stereocenters. The van der Waals surface area contributed by atoms with Crippen LogP contribution in [0.3, 0.4) is 0 Å². The van der Waals surface area contributed by atoms with Gasteiger partial charge in [0.05, 0.1) is 25.0 Å². The number of amides is 1. The first kappa shape index (κ1) is 23.3. The Morgan fingerprint density at radius 1 is 1.24 bits per heavy atom. The molecule has 0 bridgehead atoms. The van der Waals surface area contributed by atoms with Gasteiger partial charge >= 0.3 is 0 Å². The van der Waals surface area contributed by atoms with Crippen molar-refractivity contribution in [3.8, 4) is 22.9 Å². The highest BCUT2D eigenvalue weighted by atomic mass is 16.5. The Hall–Kier alpha value is -3.89. The largest absolute Gasteiger partial charge is 0.495 e. The molecular formula is C27H28N4O3. The molecule has 4 rings (SSSR count). The average Bonchev–Trinajstić information content (AvgIpc) is 2.87. The second-order valence-corrected chi connectivity index (χ2v) is 8.53. The first-order valence-electron chi connectivity index (χ1n) is 11.4. The van der Waals surface area contributed by atoms with E-state index in [1.54, 1.807) is 13.3 Å². The Morgan fingerprint density at radius 3 is 2.74 bits per heavy atom. The number of hydrogen-bond acceptors (Lipinski definition) is 6. The molecule has 3 aromatic rings. The maximum Gasteiger partial charge on any atom is 0.270 e. The standard InChI is InChI=1S/C27H28N4O3/c1-17(15-28)16-30-25-23-14-19(6-5-18(23)7-12-24(25)34-2)22-4-3-13-29-26(22)27(33)31-20-8-10-21(32)11-9-20/h3-7,12-14,20-21,30,32H,1,8-11,16H2,2H3,(H,31,33). The molecule has 0 radical (unpaired) electrons. The molecule has 0 spiro atoms. The number of benzene rings is 2. The molecular weight excluding hydrogens is 428 g/mol. The van der Waals surface area contributed by atoms with E-state index < -0.39 is 0 Å². The summed E-state index contributed by atoms with van der Waals surface area (Å²) < 4.78 is 5.55. The average molecular weight is 457 g/mol. The van der Waals surface area contributed by atoms with Crippen molar-refractivity contribution in [3.05, 3.63) is 66.5 Å². The third-order valence-corrected chi connectivity index (χ3v) is 6.21. The van der Waals surface area contributed by atoms with Gasteiger partial charge in [0.1, 0.15) is 11.4 Å². The van der Waals surface area contributed by atoms with Crippen LogP contribution in [0.25, 0.3) is 21.9 Å². The lowest BCUT2D eigenvalue weighted by Gasteiger charge is -2.26. The fraction of sp³-hybridized carbons (Fsp3) is 0.296. The van der Waals surface area contributed by atoms with Crippen molar-refractivity contribution in [2.45, 2.75) is 37.8 Å². The van der Waals surface area contributed by atoms with E-state index in [-0.39, 0.29) is 18.1 Å². The van der Waals surface area contributed by atoms with Crippen molar-refractivity contribution in [1.82, 2.24) is 10.3 Å². The van der Waals surface area contributed by atoms with E-state index in [2.05, 4.69) is 22.2 Å². The van der Waals surface area contributed by atoms with Gasteiger partial charge in [-0.3, -0.25) is 9.78 Å². The predicted octanol–water partition coefficient (Wildman–Crippen LogP) is 4.44. The summed E-state index contributed by atoms with van der Waals surface area (Å²) in [6, 6.07) is 15.6. The number of aliphatic hydroxyl groups excluding tert-OH is 1. The first-order valence-corrected chi connectivity index (χ1v) is 11.4. The van der Waals surface area contributed by atoms with E-state index in [9.17, 15) is 9.90 Å². The van der Waals surface area contributed by atoms with Gasteiger partial charge in [-0.05, 0) is 54.8 Å². The lowest BCUT2D eigenvalue weighted by molar-refractivity contribution is 0.0864. The second-order valence-electron chi connectivity index (χ2n) is 8.53. The third kappa shape index (κ3) is 5.03. The van der Waals surface area contributed by atoms with Gasteiger partial charge in [-0.25, -0.2) is 0 Å². The van der Waals surface area contributed by atoms with Crippen LogP contribution in [0.5, 0.6) is 5.75 Å². The van der Waals surface area contributed by atoms with Crippen molar-refractivity contribution in [1.29, 1.82) is 5.26 Å². The minimum Gasteiger partial charge on any atom is -0.495 e. The number of aliphatic hydroxyl groups is 1. The van der Waals surface area contributed by atoms with E-state index >= 15 is 0 Å². The number of methoxy groups -OCH3 is 1. The molecule has 1 heterocycles. The third-order valence-electron chi connectivity index (χ3n) is 6.21. The van der Waals surface area contributed by atoms with E-state index in [1.165, 1.54) is 0 Å². The molecule has 174 valence electrons. The molecule has 1 saturated carbocycles. The summed E-state index contributed by atoms with van der Waals surface area (Å²) in [5.74, 6) is 0.436. The van der Waals surface area contributed by atoms with Gasteiger partial charge in [-0.1, -0.05) is 30.8 Å². The maximum absolute atomic E-state index is 13.1. The normalized spacial score (nSPS) is 17.6. The smallest absolute Gasteiger partial charge is 0.270 e. The van der Waals surface area contributed by atoms with Gasteiger partial charge in [0.15, 0.2) is 0 Å². The van der Waals surface area contributed by atoms with E-state index in [0.29, 0.717) is 36.4 Å². The minimum absolute atomic E-state index is 0.0376. The molecule has 1 aliphatic carbocycles. The van der Waals surface area contributed by atoms with Gasteiger partial charge in [0.25, 0.3) is 5.91 Å². The number of nitrogens with one attached hydrogen (secondary N) is 2. The number of carbonyl (C=O) groups is 1. The number of anilines is 1. The fourth-order valence-electron chi connectivity index (χ4n) is 4.35. The van der Waals surface area contributed by atoms with E-state index in [0.717, 1.165) is 40.4 Å². The van der Waals surface area contributed by atoms with Crippen molar-refractivity contribution >= 4 is 22.4 Å². The Morgan fingerprint density at radius 2 is 2.00 bits per heavy atom. The topological polar surface area (TPSA) is 107 Å². The SMILES string of the molecule is C=C(C#N)CNc1c(OC)ccc2ccc(-c3cccnc3C(=O)NC3CCC(O)CC3)cc12. The summed E-state index contributed by atoms with van der Waals surface area (Å²) in [7, 11) is 1.60. The summed E-state index contributed by atoms with van der Waals surface area (Å²) in [5.41, 5.74) is 3.11. The Bertz CT molecular complexity index is 1260. The summed E-state index contributed by atoms with van der Waals surface area (Å²) >= 11 is 0. The number of carbonyl (C=O) groups excluding carboxylic acids is 1. The Balaban J connectivity index is 1.69. The molecule has 7 heteroatoms. The Kier molecular flexibility index (Phi) is 7.09. The van der Waals surface area contributed by atoms with Crippen LogP contribution in [0.2, 0.25) is 0 Å². The van der Waals surface area contributed by atoms with Crippen molar-refractivity contribution in [2.75, 3.05) is 19.0 Å². The zero-order valence-corrected chi connectivity index (χ0v) is 19.2. The number of hydrogen-bond donors (Lipinski definition) is 3. The summed E-state index contributed by atoms with van der Waals surface area (Å²) in [4.78, 5) is 17.5. The summed E-state index contributed by atoms with van der Waals surface area (Å²) in [6.07, 6.45) is 4.25. The lowest BCUT2D eigenvalue weighted by Crippen LogP contribution is -2.39. The number of ether oxygens (including phenoxy) is 1. The number of nitrogens with zero attached hydrogens (tertiary/aromatic N) is 2. The lowest BCUT2D eigenvalue weighted by atomic mass is 9.93. The monoisotopic (exact) mass is 456 g/mol. The molecule has 1 aromatic heterocycles. The molecule has 3 N–H and O–H groups in total. The number of rotatable bonds is 7. The summed E-state index contributed by atoms with van der Waals surface area (Å²) in [6.45, 7) is 4.04. The van der Waals surface area contributed by atoms with Crippen LogP contribution in [0.15, 0.2) is 60.8 Å². The molecule has 0 aliphatic heterocycles. The molecule has 7 nitrogen and oxygen atoms in total. The van der Waals surface area contributed by atoms with Crippen molar-refractivity contribution < 1.29 is 14.6 Å². The van der Waals surface area contributed by atoms with Gasteiger partial charge in [0, 0.05) is 35.3 Å². The molecule has 2 aromatic carbocycles. The number of aromatic nitrogens is 1. The van der Waals surface area contributed by atoms with Crippen molar-refractivity contribution in [2.24, 2.45) is 0 Å². The quantitative estimate of drug-likeness (QED) is 0.454. The van der Waals surface area contributed by atoms with Crippen LogP contribution in [0.1, 0.15) is 36.2 Å². The van der Waals surface area contributed by atoms with E-state index in [1.807, 2.05) is 48.5 Å². The van der Waals surface area contributed by atoms with Gasteiger partial charge in [0.2, 0.25) is 0 Å². The van der Waals surface area contributed by atoms with Crippen LogP contribution in [-0.2, 0) is 0 Å². The van der Waals surface area contributed by atoms with Gasteiger partial charge < -0.3 is 20.5 Å². The maximum atomic E-state index is 13.1. The van der Waals surface area contributed by atoms with Crippen LogP contribution in [-0.4, -0.2) is 41.8 Å². The van der Waals surface area contributed by atoms with Crippen LogP contribution in [0, 0.1) is 11.3 Å². The van der Waals surface area contributed by atoms with Crippen LogP contribution >= 0.6 is 0 Å². The highest BCUT2D eigenvalue weighted by molar-refractivity contribution is 6.03. The Labute approximate surface area is 199 Å².